The number of carboxylic acid groups (broad SMARTS) is 2. The first-order valence-electron chi connectivity index (χ1n) is 12.6. The van der Waals surface area contributed by atoms with E-state index in [2.05, 4.69) is 0 Å². The molecule has 0 spiro atoms. The molecule has 38 heavy (non-hydrogen) atoms. The molecule has 0 amide bonds. The molecule has 0 fully saturated rings. The summed E-state index contributed by atoms with van der Waals surface area (Å²) in [5.74, 6) is -0.543. The Bertz CT molecular complexity index is 1050. The van der Waals surface area contributed by atoms with Gasteiger partial charge in [0.15, 0.2) is 12.2 Å². The Hall–Kier alpha value is -3.88. The van der Waals surface area contributed by atoms with Gasteiger partial charge in [-0.25, -0.2) is 9.59 Å². The lowest BCUT2D eigenvalue weighted by molar-refractivity contribution is -0.150. The second-order valence-electron chi connectivity index (χ2n) is 8.65. The van der Waals surface area contributed by atoms with Crippen LogP contribution in [0.25, 0.3) is 0 Å². The number of carbonyl (C=O) groups is 2. The van der Waals surface area contributed by atoms with Gasteiger partial charge in [-0.3, -0.25) is 0 Å². The van der Waals surface area contributed by atoms with Crippen LogP contribution in [-0.2, 0) is 45.1 Å². The third-order valence-electron chi connectivity index (χ3n) is 5.81. The lowest BCUT2D eigenvalue weighted by atomic mass is 10.1. The molecule has 0 aliphatic carbocycles. The largest absolute Gasteiger partial charge is 0.489 e. The lowest BCUT2D eigenvalue weighted by Gasteiger charge is -2.13. The van der Waals surface area contributed by atoms with Gasteiger partial charge in [-0.2, -0.15) is 0 Å². The van der Waals surface area contributed by atoms with Crippen molar-refractivity contribution in [2.75, 3.05) is 13.2 Å². The monoisotopic (exact) mass is 522 g/mol. The van der Waals surface area contributed by atoms with Crippen LogP contribution in [0.2, 0.25) is 0 Å². The molecular weight excluding hydrogens is 488 g/mol. The fourth-order valence-electron chi connectivity index (χ4n) is 3.77. The highest BCUT2D eigenvalue weighted by molar-refractivity contribution is 5.73. The topological polar surface area (TPSA) is 112 Å². The summed E-state index contributed by atoms with van der Waals surface area (Å²) in [6.45, 7) is 5.05. The molecule has 0 aromatic heterocycles. The average molecular weight is 523 g/mol. The van der Waals surface area contributed by atoms with Crippen molar-refractivity contribution in [1.82, 2.24) is 0 Å². The molecule has 0 aliphatic rings. The highest BCUT2D eigenvalue weighted by Gasteiger charge is 2.18. The Balaban J connectivity index is 1.44. The van der Waals surface area contributed by atoms with Gasteiger partial charge in [0, 0.05) is 26.1 Å². The molecule has 0 unspecified atom stereocenters. The molecule has 0 saturated carbocycles. The van der Waals surface area contributed by atoms with Crippen molar-refractivity contribution >= 4 is 11.9 Å². The second kappa shape index (κ2) is 14.8. The quantitative estimate of drug-likeness (QED) is 0.273. The number of rotatable bonds is 16. The summed E-state index contributed by atoms with van der Waals surface area (Å²) in [5, 5.41) is 18.5. The second-order valence-corrected chi connectivity index (χ2v) is 8.65. The zero-order chi connectivity index (χ0) is 27.3. The van der Waals surface area contributed by atoms with E-state index in [1.807, 2.05) is 72.8 Å². The van der Waals surface area contributed by atoms with E-state index in [4.69, 9.17) is 18.9 Å². The van der Waals surface area contributed by atoms with E-state index in [0.717, 1.165) is 22.3 Å². The number of hydrogen-bond donors (Lipinski definition) is 2. The van der Waals surface area contributed by atoms with Crippen molar-refractivity contribution in [1.29, 1.82) is 0 Å². The van der Waals surface area contributed by atoms with E-state index >= 15 is 0 Å². The van der Waals surface area contributed by atoms with Crippen molar-refractivity contribution < 1.29 is 38.7 Å². The molecule has 0 heterocycles. The Morgan fingerprint density at radius 3 is 1.18 bits per heavy atom. The highest BCUT2D eigenvalue weighted by atomic mass is 16.5. The molecule has 0 radical (unpaired) electrons. The summed E-state index contributed by atoms with van der Waals surface area (Å²) < 4.78 is 22.3. The van der Waals surface area contributed by atoms with Gasteiger partial charge in [0.2, 0.25) is 0 Å². The van der Waals surface area contributed by atoms with E-state index in [1.165, 1.54) is 0 Å². The van der Waals surface area contributed by atoms with E-state index in [-0.39, 0.29) is 0 Å². The average Bonchev–Trinajstić information content (AvgIpc) is 2.92. The predicted octanol–water partition coefficient (Wildman–Crippen LogP) is 4.91. The number of aliphatic carboxylic acids is 2. The lowest BCUT2D eigenvalue weighted by Crippen LogP contribution is -2.26. The maximum absolute atomic E-state index is 11.3. The summed E-state index contributed by atoms with van der Waals surface area (Å²) in [4.78, 5) is 22.5. The molecule has 0 saturated heterocycles. The van der Waals surface area contributed by atoms with Gasteiger partial charge >= 0.3 is 11.9 Å². The zero-order valence-electron chi connectivity index (χ0n) is 21.7. The maximum atomic E-state index is 11.3. The minimum Gasteiger partial charge on any atom is -0.489 e. The number of benzene rings is 3. The van der Waals surface area contributed by atoms with Gasteiger partial charge < -0.3 is 29.2 Å². The Labute approximate surface area is 222 Å². The summed E-state index contributed by atoms with van der Waals surface area (Å²) in [5.41, 5.74) is 3.75. The minimum atomic E-state index is -0.969. The summed E-state index contributed by atoms with van der Waals surface area (Å²) in [7, 11) is 0. The van der Waals surface area contributed by atoms with Gasteiger partial charge in [-0.05, 0) is 60.4 Å². The molecule has 8 heteroatoms. The molecule has 3 aromatic carbocycles. The van der Waals surface area contributed by atoms with E-state index < -0.39 is 24.1 Å². The Kier molecular flexibility index (Phi) is 11.1. The Morgan fingerprint density at radius 2 is 0.895 bits per heavy atom. The number of carboxylic acids is 2. The first kappa shape index (κ1) is 28.7. The van der Waals surface area contributed by atoms with Crippen LogP contribution in [0, 0.1) is 0 Å². The third-order valence-corrected chi connectivity index (χ3v) is 5.81. The van der Waals surface area contributed by atoms with E-state index in [9.17, 15) is 19.8 Å². The third kappa shape index (κ3) is 9.21. The van der Waals surface area contributed by atoms with Crippen LogP contribution in [0.15, 0.2) is 72.8 Å². The first-order chi connectivity index (χ1) is 18.4. The minimum absolute atomic E-state index is 0.302. The fraction of sp³-hybridized carbons (Fsp3) is 0.333. The van der Waals surface area contributed by atoms with Crippen LogP contribution >= 0.6 is 0 Å². The van der Waals surface area contributed by atoms with Crippen LogP contribution in [0.5, 0.6) is 11.5 Å². The summed E-state index contributed by atoms with van der Waals surface area (Å²) in [6, 6.07) is 22.6. The molecule has 2 atom stereocenters. The first-order valence-corrected chi connectivity index (χ1v) is 12.6. The molecule has 8 nitrogen and oxygen atoms in total. The SMILES string of the molecule is CCO[C@@H](Cc1ccc(OCc2ccc(COc3ccc(C[C@H](OCC)C(=O)O)cc3)cc2)cc1)C(=O)O. The summed E-state index contributed by atoms with van der Waals surface area (Å²) in [6.07, 6.45) is -1.11. The summed E-state index contributed by atoms with van der Waals surface area (Å²) >= 11 is 0. The zero-order valence-corrected chi connectivity index (χ0v) is 21.7. The number of hydrogen-bond acceptors (Lipinski definition) is 6. The van der Waals surface area contributed by atoms with Crippen LogP contribution in [0.4, 0.5) is 0 Å². The van der Waals surface area contributed by atoms with Crippen LogP contribution in [0.3, 0.4) is 0 Å². The standard InChI is InChI=1S/C30H34O8/c1-3-35-27(29(31)32)17-21-9-13-25(14-10-21)37-19-23-5-7-24(8-6-23)20-38-26-15-11-22(12-16-26)18-28(30(33)34)36-4-2/h5-16,27-28H,3-4,17-20H2,1-2H3,(H,31,32)(H,33,34)/t27-,28-/m0/s1. The van der Waals surface area contributed by atoms with Crippen molar-refractivity contribution in [3.63, 3.8) is 0 Å². The van der Waals surface area contributed by atoms with Gasteiger partial charge in [-0.15, -0.1) is 0 Å². The van der Waals surface area contributed by atoms with Gasteiger partial charge in [-0.1, -0.05) is 48.5 Å². The van der Waals surface area contributed by atoms with Gasteiger partial charge in [0.05, 0.1) is 0 Å². The van der Waals surface area contributed by atoms with Crippen molar-refractivity contribution in [3.8, 4) is 11.5 Å². The molecule has 2 N–H and O–H groups in total. The molecule has 0 bridgehead atoms. The van der Waals surface area contributed by atoms with Crippen LogP contribution in [-0.4, -0.2) is 47.6 Å². The van der Waals surface area contributed by atoms with Gasteiger partial charge in [0.1, 0.15) is 24.7 Å². The molecule has 3 aromatic rings. The predicted molar refractivity (Wildman–Crippen MR) is 141 cm³/mol. The number of ether oxygens (including phenoxy) is 4. The molecular formula is C30H34O8. The normalized spacial score (nSPS) is 12.5. The van der Waals surface area contributed by atoms with Gasteiger partial charge in [0.25, 0.3) is 0 Å². The van der Waals surface area contributed by atoms with Crippen molar-refractivity contribution in [3.05, 3.63) is 95.1 Å². The van der Waals surface area contributed by atoms with Crippen LogP contribution < -0.4 is 9.47 Å². The fourth-order valence-corrected chi connectivity index (χ4v) is 3.77. The highest BCUT2D eigenvalue weighted by Crippen LogP contribution is 2.18. The van der Waals surface area contributed by atoms with Crippen LogP contribution in [0.1, 0.15) is 36.1 Å². The molecule has 0 aliphatic heterocycles. The van der Waals surface area contributed by atoms with E-state index in [0.29, 0.717) is 50.8 Å². The maximum Gasteiger partial charge on any atom is 0.333 e. The van der Waals surface area contributed by atoms with E-state index in [1.54, 1.807) is 13.8 Å². The Morgan fingerprint density at radius 1 is 0.579 bits per heavy atom. The molecule has 3 rings (SSSR count). The molecule has 202 valence electrons. The smallest absolute Gasteiger partial charge is 0.333 e. The van der Waals surface area contributed by atoms with Crippen molar-refractivity contribution in [2.45, 2.75) is 52.1 Å². The van der Waals surface area contributed by atoms with Crippen molar-refractivity contribution in [2.24, 2.45) is 0 Å².